The Balaban J connectivity index is 2.33. The first-order chi connectivity index (χ1) is 10.4. The van der Waals surface area contributed by atoms with Crippen LogP contribution in [0, 0.1) is 3.57 Å². The van der Waals surface area contributed by atoms with Crippen molar-refractivity contribution >= 4 is 40.2 Å². The molecule has 2 aromatic carbocycles. The van der Waals surface area contributed by atoms with Crippen molar-refractivity contribution in [2.75, 3.05) is 7.11 Å². The molecule has 0 amide bonds. The molecule has 1 unspecified atom stereocenters. The largest absolute Gasteiger partial charge is 0.468 e. The molecule has 3 nitrogen and oxygen atoms in total. The van der Waals surface area contributed by atoms with Gasteiger partial charge in [0.15, 0.2) is 0 Å². The van der Waals surface area contributed by atoms with Crippen LogP contribution in [-0.2, 0) is 22.4 Å². The normalized spacial score (nSPS) is 13.5. The lowest BCUT2D eigenvalue weighted by Crippen LogP contribution is -2.52. The summed E-state index contributed by atoms with van der Waals surface area (Å²) in [7, 11) is 1.36. The standard InChI is InChI=1S/C17H17ClINO2/c1-22-16(21)17(20,10-12-5-3-2-4-6-12)11-13-9-14(18)7-8-15(13)19/h2-9H,10-11,20H2,1H3. The first kappa shape index (κ1) is 17.2. The number of rotatable bonds is 5. The highest BCUT2D eigenvalue weighted by molar-refractivity contribution is 14.1. The third-order valence-electron chi connectivity index (χ3n) is 3.47. The van der Waals surface area contributed by atoms with Crippen molar-refractivity contribution in [3.05, 3.63) is 68.3 Å². The van der Waals surface area contributed by atoms with E-state index in [9.17, 15) is 4.79 Å². The third kappa shape index (κ3) is 4.21. The minimum atomic E-state index is -1.12. The highest BCUT2D eigenvalue weighted by Crippen LogP contribution is 2.24. The van der Waals surface area contributed by atoms with Crippen molar-refractivity contribution < 1.29 is 9.53 Å². The van der Waals surface area contributed by atoms with Crippen LogP contribution in [0.1, 0.15) is 11.1 Å². The van der Waals surface area contributed by atoms with Crippen LogP contribution in [0.25, 0.3) is 0 Å². The van der Waals surface area contributed by atoms with E-state index in [2.05, 4.69) is 22.6 Å². The molecule has 0 aliphatic rings. The summed E-state index contributed by atoms with van der Waals surface area (Å²) in [6.07, 6.45) is 0.774. The molecule has 2 rings (SSSR count). The number of carbonyl (C=O) groups is 1. The molecule has 116 valence electrons. The molecule has 2 aromatic rings. The van der Waals surface area contributed by atoms with Gasteiger partial charge < -0.3 is 10.5 Å². The maximum atomic E-state index is 12.3. The molecule has 0 fully saturated rings. The Kier molecular flexibility index (Phi) is 5.83. The van der Waals surface area contributed by atoms with Crippen LogP contribution >= 0.6 is 34.2 Å². The van der Waals surface area contributed by atoms with Gasteiger partial charge in [0.25, 0.3) is 0 Å². The molecule has 0 bridgehead atoms. The average molecular weight is 430 g/mol. The van der Waals surface area contributed by atoms with Gasteiger partial charge in [-0.15, -0.1) is 0 Å². The molecule has 0 saturated heterocycles. The van der Waals surface area contributed by atoms with E-state index in [1.165, 1.54) is 7.11 Å². The van der Waals surface area contributed by atoms with E-state index in [1.54, 1.807) is 0 Å². The third-order valence-corrected chi connectivity index (χ3v) is 4.76. The molecule has 1 atom stereocenters. The quantitative estimate of drug-likeness (QED) is 0.584. The van der Waals surface area contributed by atoms with Crippen molar-refractivity contribution in [2.24, 2.45) is 5.73 Å². The lowest BCUT2D eigenvalue weighted by Gasteiger charge is -2.27. The van der Waals surface area contributed by atoms with Gasteiger partial charge in [-0.3, -0.25) is 4.79 Å². The predicted octanol–water partition coefficient (Wildman–Crippen LogP) is 3.60. The maximum absolute atomic E-state index is 12.3. The van der Waals surface area contributed by atoms with Gasteiger partial charge in [0.05, 0.1) is 7.11 Å². The van der Waals surface area contributed by atoms with E-state index in [4.69, 9.17) is 22.1 Å². The molecule has 2 N–H and O–H groups in total. The summed E-state index contributed by atoms with van der Waals surface area (Å²) in [6, 6.07) is 15.3. The van der Waals surface area contributed by atoms with Crippen LogP contribution in [0.3, 0.4) is 0 Å². The number of hydrogen-bond acceptors (Lipinski definition) is 3. The minimum absolute atomic E-state index is 0.368. The van der Waals surface area contributed by atoms with Crippen LogP contribution in [0.4, 0.5) is 0 Å². The van der Waals surface area contributed by atoms with Crippen molar-refractivity contribution in [1.82, 2.24) is 0 Å². The zero-order valence-electron chi connectivity index (χ0n) is 12.2. The van der Waals surface area contributed by atoms with Crippen LogP contribution in [-0.4, -0.2) is 18.6 Å². The summed E-state index contributed by atoms with van der Waals surface area (Å²) in [5, 5.41) is 0.627. The summed E-state index contributed by atoms with van der Waals surface area (Å²) in [6.45, 7) is 0. The smallest absolute Gasteiger partial charge is 0.326 e. The molecule has 0 saturated carbocycles. The number of benzene rings is 2. The van der Waals surface area contributed by atoms with Crippen LogP contribution in [0.2, 0.25) is 5.02 Å². The Bertz CT molecular complexity index is 663. The van der Waals surface area contributed by atoms with Crippen molar-refractivity contribution in [1.29, 1.82) is 0 Å². The Labute approximate surface area is 148 Å². The number of nitrogens with two attached hydrogens (primary N) is 1. The molecule has 0 heterocycles. The van der Waals surface area contributed by atoms with E-state index >= 15 is 0 Å². The monoisotopic (exact) mass is 429 g/mol. The zero-order valence-corrected chi connectivity index (χ0v) is 15.1. The maximum Gasteiger partial charge on any atom is 0.326 e. The van der Waals surface area contributed by atoms with Crippen LogP contribution in [0.5, 0.6) is 0 Å². The second-order valence-corrected chi connectivity index (χ2v) is 6.82. The number of esters is 1. The zero-order chi connectivity index (χ0) is 16.2. The summed E-state index contributed by atoms with van der Waals surface area (Å²) in [5.74, 6) is -0.424. The fraction of sp³-hybridized carbons (Fsp3) is 0.235. The Hall–Kier alpha value is -1.11. The molecule has 0 aliphatic heterocycles. The van der Waals surface area contributed by atoms with Gasteiger partial charge in [0, 0.05) is 21.4 Å². The topological polar surface area (TPSA) is 52.3 Å². The lowest BCUT2D eigenvalue weighted by atomic mass is 9.85. The summed E-state index contributed by atoms with van der Waals surface area (Å²) >= 11 is 8.28. The van der Waals surface area contributed by atoms with E-state index in [0.29, 0.717) is 17.9 Å². The molecular formula is C17H17ClINO2. The fourth-order valence-electron chi connectivity index (χ4n) is 2.39. The second-order valence-electron chi connectivity index (χ2n) is 5.22. The summed E-state index contributed by atoms with van der Waals surface area (Å²) in [4.78, 5) is 12.3. The number of methoxy groups -OCH3 is 1. The van der Waals surface area contributed by atoms with Gasteiger partial charge in [0.2, 0.25) is 0 Å². The minimum Gasteiger partial charge on any atom is -0.468 e. The first-order valence-electron chi connectivity index (χ1n) is 6.80. The van der Waals surface area contributed by atoms with Crippen LogP contribution in [0.15, 0.2) is 48.5 Å². The van der Waals surface area contributed by atoms with Crippen molar-refractivity contribution in [3.63, 3.8) is 0 Å². The molecule has 0 aliphatic carbocycles. The SMILES string of the molecule is COC(=O)C(N)(Cc1ccccc1)Cc1cc(Cl)ccc1I. The highest BCUT2D eigenvalue weighted by atomic mass is 127. The number of carbonyl (C=O) groups excluding carboxylic acids is 1. The van der Waals surface area contributed by atoms with Gasteiger partial charge in [-0.2, -0.15) is 0 Å². The summed E-state index contributed by atoms with van der Waals surface area (Å²) in [5.41, 5.74) is 7.22. The fourth-order valence-corrected chi connectivity index (χ4v) is 3.11. The highest BCUT2D eigenvalue weighted by Gasteiger charge is 2.36. The molecule has 0 spiro atoms. The van der Waals surface area contributed by atoms with Crippen LogP contribution < -0.4 is 5.73 Å². The molecule has 0 radical (unpaired) electrons. The number of halogens is 2. The van der Waals surface area contributed by atoms with Gasteiger partial charge in [0.1, 0.15) is 5.54 Å². The molecule has 22 heavy (non-hydrogen) atoms. The van der Waals surface area contributed by atoms with E-state index < -0.39 is 11.5 Å². The summed E-state index contributed by atoms with van der Waals surface area (Å²) < 4.78 is 5.95. The van der Waals surface area contributed by atoms with E-state index in [-0.39, 0.29) is 0 Å². The number of ether oxygens (including phenoxy) is 1. The van der Waals surface area contributed by atoms with Gasteiger partial charge >= 0.3 is 5.97 Å². The Morgan fingerprint density at radius 2 is 1.91 bits per heavy atom. The predicted molar refractivity (Wildman–Crippen MR) is 97.0 cm³/mol. The van der Waals surface area contributed by atoms with Gasteiger partial charge in [-0.1, -0.05) is 41.9 Å². The number of hydrogen-bond donors (Lipinski definition) is 1. The van der Waals surface area contributed by atoms with E-state index in [1.807, 2.05) is 48.5 Å². The molecule has 0 aromatic heterocycles. The van der Waals surface area contributed by atoms with E-state index in [0.717, 1.165) is 14.7 Å². The molecule has 5 heteroatoms. The van der Waals surface area contributed by atoms with Crippen molar-refractivity contribution in [3.8, 4) is 0 Å². The second kappa shape index (κ2) is 7.44. The average Bonchev–Trinajstić information content (AvgIpc) is 2.51. The Morgan fingerprint density at radius 1 is 1.23 bits per heavy atom. The van der Waals surface area contributed by atoms with Gasteiger partial charge in [-0.25, -0.2) is 0 Å². The Morgan fingerprint density at radius 3 is 2.55 bits per heavy atom. The van der Waals surface area contributed by atoms with Gasteiger partial charge in [-0.05, 0) is 51.9 Å². The lowest BCUT2D eigenvalue weighted by molar-refractivity contribution is -0.147. The van der Waals surface area contributed by atoms with Crippen molar-refractivity contribution in [2.45, 2.75) is 18.4 Å². The first-order valence-corrected chi connectivity index (χ1v) is 8.25. The molecular weight excluding hydrogens is 413 g/mol.